The molecule has 2 rings (SSSR count). The Hall–Kier alpha value is -1.000. The minimum Gasteiger partial charge on any atom is -0.367 e. The van der Waals surface area contributed by atoms with Crippen LogP contribution in [-0.2, 0) is 4.79 Å². The first-order valence-corrected chi connectivity index (χ1v) is 6.66. The molecule has 1 aliphatic rings. The average Bonchev–Trinajstić information content (AvgIpc) is 3.04. The average molecular weight is 288 g/mol. The summed E-state index contributed by atoms with van der Waals surface area (Å²) in [6.07, 6.45) is 2.53. The molecule has 1 aromatic heterocycles. The van der Waals surface area contributed by atoms with Crippen LogP contribution < -0.4 is 10.6 Å². The van der Waals surface area contributed by atoms with E-state index in [4.69, 9.17) is 23.2 Å². The van der Waals surface area contributed by atoms with Gasteiger partial charge in [-0.05, 0) is 18.4 Å². The predicted molar refractivity (Wildman–Crippen MR) is 73.0 cm³/mol. The first-order valence-electron chi connectivity index (χ1n) is 5.90. The second-order valence-corrected chi connectivity index (χ2v) is 5.36. The molecule has 1 heterocycles. The quantitative estimate of drug-likeness (QED) is 0.819. The van der Waals surface area contributed by atoms with Crippen LogP contribution in [0.15, 0.2) is 12.3 Å². The third kappa shape index (κ3) is 3.50. The maximum atomic E-state index is 11.5. The Morgan fingerprint density at radius 2 is 2.22 bits per heavy atom. The van der Waals surface area contributed by atoms with E-state index in [1.807, 2.05) is 0 Å². The molecule has 18 heavy (non-hydrogen) atoms. The number of amides is 1. The van der Waals surface area contributed by atoms with Gasteiger partial charge in [0.05, 0.1) is 10.0 Å². The SMILES string of the molecule is C[C@H]1C[C@@H]1C(=O)NCCNc1ncc(Cl)cc1Cl. The van der Waals surface area contributed by atoms with Crippen LogP contribution in [0, 0.1) is 11.8 Å². The largest absolute Gasteiger partial charge is 0.367 e. The molecular weight excluding hydrogens is 273 g/mol. The number of rotatable bonds is 5. The lowest BCUT2D eigenvalue weighted by Gasteiger charge is -2.08. The number of pyridine rings is 1. The molecule has 1 saturated carbocycles. The molecule has 0 unspecified atom stereocenters. The minimum absolute atomic E-state index is 0.138. The second-order valence-electron chi connectivity index (χ2n) is 4.52. The topological polar surface area (TPSA) is 54.0 Å². The zero-order valence-corrected chi connectivity index (χ0v) is 11.6. The number of nitrogens with one attached hydrogen (secondary N) is 2. The molecule has 98 valence electrons. The molecule has 0 bridgehead atoms. The lowest BCUT2D eigenvalue weighted by molar-refractivity contribution is -0.122. The summed E-state index contributed by atoms with van der Waals surface area (Å²) in [5.74, 6) is 1.46. The zero-order valence-electron chi connectivity index (χ0n) is 10.0. The van der Waals surface area contributed by atoms with Gasteiger partial charge in [0.15, 0.2) is 0 Å². The van der Waals surface area contributed by atoms with Crippen molar-refractivity contribution in [1.82, 2.24) is 10.3 Å². The molecule has 0 spiro atoms. The number of aromatic nitrogens is 1. The molecule has 6 heteroatoms. The number of nitrogens with zero attached hydrogens (tertiary/aromatic N) is 1. The van der Waals surface area contributed by atoms with Crippen LogP contribution in [0.2, 0.25) is 10.0 Å². The molecule has 4 nitrogen and oxygen atoms in total. The molecule has 2 atom stereocenters. The Balaban J connectivity index is 1.70. The summed E-state index contributed by atoms with van der Waals surface area (Å²) >= 11 is 11.7. The first-order chi connectivity index (χ1) is 8.58. The Morgan fingerprint density at radius 1 is 1.50 bits per heavy atom. The molecule has 2 N–H and O–H groups in total. The predicted octanol–water partition coefficient (Wildman–Crippen LogP) is 2.57. The van der Waals surface area contributed by atoms with E-state index in [9.17, 15) is 4.79 Å². The molecule has 1 aliphatic carbocycles. The van der Waals surface area contributed by atoms with Crippen LogP contribution in [-0.4, -0.2) is 24.0 Å². The zero-order chi connectivity index (χ0) is 13.1. The Morgan fingerprint density at radius 3 is 2.83 bits per heavy atom. The second kappa shape index (κ2) is 5.76. The van der Waals surface area contributed by atoms with Gasteiger partial charge in [-0.3, -0.25) is 4.79 Å². The van der Waals surface area contributed by atoms with Gasteiger partial charge in [0, 0.05) is 25.2 Å². The van der Waals surface area contributed by atoms with Crippen molar-refractivity contribution in [2.24, 2.45) is 11.8 Å². The van der Waals surface area contributed by atoms with E-state index < -0.39 is 0 Å². The van der Waals surface area contributed by atoms with E-state index >= 15 is 0 Å². The molecule has 0 radical (unpaired) electrons. The highest BCUT2D eigenvalue weighted by Gasteiger charge is 2.38. The fourth-order valence-corrected chi connectivity index (χ4v) is 2.18. The van der Waals surface area contributed by atoms with E-state index in [1.165, 1.54) is 6.20 Å². The van der Waals surface area contributed by atoms with E-state index in [2.05, 4.69) is 22.5 Å². The van der Waals surface area contributed by atoms with Gasteiger partial charge >= 0.3 is 0 Å². The number of anilines is 1. The summed E-state index contributed by atoms with van der Waals surface area (Å²) in [7, 11) is 0. The first kappa shape index (κ1) is 13.4. The Kier molecular flexibility index (Phi) is 4.30. The minimum atomic E-state index is 0.138. The van der Waals surface area contributed by atoms with Gasteiger partial charge in [-0.2, -0.15) is 0 Å². The van der Waals surface area contributed by atoms with Crippen molar-refractivity contribution in [2.75, 3.05) is 18.4 Å². The van der Waals surface area contributed by atoms with Crippen molar-refractivity contribution in [3.63, 3.8) is 0 Å². The number of carbonyl (C=O) groups excluding carboxylic acids is 1. The highest BCUT2D eigenvalue weighted by atomic mass is 35.5. The lowest BCUT2D eigenvalue weighted by atomic mass is 10.3. The standard InChI is InChI=1S/C12H15Cl2N3O/c1-7-4-9(7)12(18)16-3-2-15-11-10(14)5-8(13)6-17-11/h5-7,9H,2-4H2,1H3,(H,15,17)(H,16,18)/t7-,9-/m0/s1. The normalized spacial score (nSPS) is 21.5. The van der Waals surface area contributed by atoms with Crippen LogP contribution in [0.4, 0.5) is 5.82 Å². The monoisotopic (exact) mass is 287 g/mol. The van der Waals surface area contributed by atoms with Crippen LogP contribution in [0.1, 0.15) is 13.3 Å². The molecule has 0 aliphatic heterocycles. The van der Waals surface area contributed by atoms with Gasteiger partial charge in [-0.1, -0.05) is 30.1 Å². The summed E-state index contributed by atoms with van der Waals surface area (Å²) in [6.45, 7) is 3.23. The fraction of sp³-hybridized carbons (Fsp3) is 0.500. The Bertz CT molecular complexity index is 453. The van der Waals surface area contributed by atoms with Crippen molar-refractivity contribution in [2.45, 2.75) is 13.3 Å². The molecule has 1 fully saturated rings. The maximum Gasteiger partial charge on any atom is 0.223 e. The van der Waals surface area contributed by atoms with Gasteiger partial charge in [0.1, 0.15) is 5.82 Å². The van der Waals surface area contributed by atoms with Crippen molar-refractivity contribution >= 4 is 34.9 Å². The summed E-state index contributed by atoms with van der Waals surface area (Å²) in [5.41, 5.74) is 0. The lowest BCUT2D eigenvalue weighted by Crippen LogP contribution is -2.30. The Labute approximate surface area is 116 Å². The highest BCUT2D eigenvalue weighted by Crippen LogP contribution is 2.37. The van der Waals surface area contributed by atoms with Gasteiger partial charge in [-0.25, -0.2) is 4.98 Å². The number of carbonyl (C=O) groups is 1. The van der Waals surface area contributed by atoms with E-state index in [0.29, 0.717) is 34.9 Å². The van der Waals surface area contributed by atoms with Crippen LogP contribution >= 0.6 is 23.2 Å². The molecular formula is C12H15Cl2N3O. The van der Waals surface area contributed by atoms with Crippen molar-refractivity contribution in [1.29, 1.82) is 0 Å². The smallest absolute Gasteiger partial charge is 0.223 e. The van der Waals surface area contributed by atoms with E-state index in [0.717, 1.165) is 6.42 Å². The molecule has 1 amide bonds. The summed E-state index contributed by atoms with van der Waals surface area (Å²) < 4.78 is 0. The third-order valence-electron chi connectivity index (χ3n) is 2.97. The third-order valence-corrected chi connectivity index (χ3v) is 3.47. The number of hydrogen-bond donors (Lipinski definition) is 2. The van der Waals surface area contributed by atoms with Crippen LogP contribution in [0.3, 0.4) is 0 Å². The fourth-order valence-electron chi connectivity index (χ4n) is 1.73. The van der Waals surface area contributed by atoms with Crippen LogP contribution in [0.25, 0.3) is 0 Å². The van der Waals surface area contributed by atoms with Gasteiger partial charge < -0.3 is 10.6 Å². The van der Waals surface area contributed by atoms with Crippen molar-refractivity contribution in [3.05, 3.63) is 22.3 Å². The summed E-state index contributed by atoms with van der Waals surface area (Å²) in [6, 6.07) is 1.63. The van der Waals surface area contributed by atoms with Crippen molar-refractivity contribution < 1.29 is 4.79 Å². The highest BCUT2D eigenvalue weighted by molar-refractivity contribution is 6.35. The van der Waals surface area contributed by atoms with E-state index in [1.54, 1.807) is 6.07 Å². The van der Waals surface area contributed by atoms with Crippen molar-refractivity contribution in [3.8, 4) is 0 Å². The molecule has 0 aromatic carbocycles. The number of hydrogen-bond acceptors (Lipinski definition) is 3. The molecule has 1 aromatic rings. The molecule has 0 saturated heterocycles. The number of halogens is 2. The van der Waals surface area contributed by atoms with Gasteiger partial charge in [0.25, 0.3) is 0 Å². The van der Waals surface area contributed by atoms with Gasteiger partial charge in [-0.15, -0.1) is 0 Å². The maximum absolute atomic E-state index is 11.5. The van der Waals surface area contributed by atoms with E-state index in [-0.39, 0.29) is 11.8 Å². The van der Waals surface area contributed by atoms with Crippen LogP contribution in [0.5, 0.6) is 0 Å². The summed E-state index contributed by atoms with van der Waals surface area (Å²) in [5, 5.41) is 6.91. The van der Waals surface area contributed by atoms with Gasteiger partial charge in [0.2, 0.25) is 5.91 Å². The summed E-state index contributed by atoms with van der Waals surface area (Å²) in [4.78, 5) is 15.6.